The average molecular weight is 795 g/mol. The minimum absolute atomic E-state index is 0.192. The Kier molecular flexibility index (Phi) is 40.1. The molecule has 0 aliphatic carbocycles. The molecule has 0 aromatic carbocycles. The Morgan fingerprint density at radius 3 is 1.27 bits per heavy atom. The molecular weight excluding hydrogens is 711 g/mol. The molecule has 0 aliphatic rings. The summed E-state index contributed by atoms with van der Waals surface area (Å²) in [6.07, 6.45) is 51.3. The van der Waals surface area contributed by atoms with E-state index in [4.69, 9.17) is 19.3 Å². The summed E-state index contributed by atoms with van der Waals surface area (Å²) < 4.78 is 26.4. The topological polar surface area (TPSA) is 119 Å². The molecule has 0 heterocycles. The zero-order valence-corrected chi connectivity index (χ0v) is 36.2. The minimum Gasteiger partial charge on any atom is -0.462 e. The maximum Gasteiger partial charge on any atom is 0.469 e. The van der Waals surface area contributed by atoms with Crippen LogP contribution in [0.5, 0.6) is 0 Å². The van der Waals surface area contributed by atoms with E-state index in [1.54, 1.807) is 0 Å². The Bertz CT molecular complexity index is 1030. The van der Waals surface area contributed by atoms with Gasteiger partial charge >= 0.3 is 19.8 Å². The lowest BCUT2D eigenvalue weighted by atomic mass is 10.0. The van der Waals surface area contributed by atoms with E-state index in [0.717, 1.165) is 44.9 Å². The summed E-state index contributed by atoms with van der Waals surface area (Å²) in [5, 5.41) is 0. The quantitative estimate of drug-likeness (QED) is 0.0272. The molecule has 8 nitrogen and oxygen atoms in total. The summed E-state index contributed by atoms with van der Waals surface area (Å²) in [4.78, 5) is 42.9. The van der Waals surface area contributed by atoms with Crippen LogP contribution in [-0.4, -0.2) is 41.0 Å². The Hall–Kier alpha value is -1.99. The molecule has 0 radical (unpaired) electrons. The lowest BCUT2D eigenvalue weighted by molar-refractivity contribution is -0.161. The van der Waals surface area contributed by atoms with Gasteiger partial charge in [0, 0.05) is 12.8 Å². The van der Waals surface area contributed by atoms with E-state index >= 15 is 0 Å². The second-order valence-electron chi connectivity index (χ2n) is 15.0. The number of esters is 2. The van der Waals surface area contributed by atoms with Crippen LogP contribution in [0.15, 0.2) is 48.6 Å². The highest BCUT2D eigenvalue weighted by atomic mass is 31.2. The number of allylic oxidation sites excluding steroid dienone is 8. The molecule has 0 aliphatic heterocycles. The molecule has 1 atom stereocenters. The smallest absolute Gasteiger partial charge is 0.462 e. The molecule has 0 aromatic heterocycles. The summed E-state index contributed by atoms with van der Waals surface area (Å²) >= 11 is 0. The predicted octanol–water partition coefficient (Wildman–Crippen LogP) is 13.9. The van der Waals surface area contributed by atoms with Crippen molar-refractivity contribution in [2.75, 3.05) is 13.2 Å². The van der Waals surface area contributed by atoms with Gasteiger partial charge in [-0.05, 0) is 51.4 Å². The van der Waals surface area contributed by atoms with E-state index in [2.05, 4.69) is 60.9 Å². The summed E-state index contributed by atoms with van der Waals surface area (Å²) in [5.41, 5.74) is 0. The molecule has 0 saturated carbocycles. The fourth-order valence-corrected chi connectivity index (χ4v) is 6.61. The maximum absolute atomic E-state index is 12.4. The summed E-state index contributed by atoms with van der Waals surface area (Å²) in [5.74, 6) is -0.944. The Morgan fingerprint density at radius 2 is 0.836 bits per heavy atom. The third-order valence-electron chi connectivity index (χ3n) is 9.60. The van der Waals surface area contributed by atoms with Crippen molar-refractivity contribution in [2.24, 2.45) is 0 Å². The largest absolute Gasteiger partial charge is 0.469 e. The van der Waals surface area contributed by atoms with Gasteiger partial charge in [0.15, 0.2) is 6.10 Å². The van der Waals surface area contributed by atoms with Crippen LogP contribution in [0.3, 0.4) is 0 Å². The first kappa shape index (κ1) is 53.0. The van der Waals surface area contributed by atoms with Crippen molar-refractivity contribution in [2.45, 2.75) is 219 Å². The molecule has 0 amide bonds. The van der Waals surface area contributed by atoms with Crippen LogP contribution in [-0.2, 0) is 28.2 Å². The number of unbranched alkanes of at least 4 members (excludes halogenated alkanes) is 23. The van der Waals surface area contributed by atoms with Crippen molar-refractivity contribution in [3.8, 4) is 0 Å². The van der Waals surface area contributed by atoms with Crippen LogP contribution >= 0.6 is 7.82 Å². The van der Waals surface area contributed by atoms with Gasteiger partial charge in [-0.25, -0.2) is 4.57 Å². The van der Waals surface area contributed by atoms with Crippen LogP contribution in [0, 0.1) is 0 Å². The molecule has 0 spiro atoms. The normalized spacial score (nSPS) is 12.9. The highest BCUT2D eigenvalue weighted by molar-refractivity contribution is 7.46. The first-order valence-corrected chi connectivity index (χ1v) is 24.0. The van der Waals surface area contributed by atoms with Gasteiger partial charge in [0.05, 0.1) is 6.61 Å². The van der Waals surface area contributed by atoms with E-state index in [1.807, 2.05) is 6.08 Å². The van der Waals surface area contributed by atoms with Crippen molar-refractivity contribution in [3.63, 3.8) is 0 Å². The Balaban J connectivity index is 3.98. The van der Waals surface area contributed by atoms with Crippen LogP contribution in [0.1, 0.15) is 213 Å². The Labute approximate surface area is 337 Å². The van der Waals surface area contributed by atoms with Crippen LogP contribution in [0.2, 0.25) is 0 Å². The van der Waals surface area contributed by atoms with E-state index in [0.29, 0.717) is 12.8 Å². The van der Waals surface area contributed by atoms with Gasteiger partial charge in [-0.3, -0.25) is 14.1 Å². The molecule has 55 heavy (non-hydrogen) atoms. The van der Waals surface area contributed by atoms with Gasteiger partial charge in [-0.2, -0.15) is 0 Å². The van der Waals surface area contributed by atoms with Gasteiger partial charge < -0.3 is 19.3 Å². The van der Waals surface area contributed by atoms with Gasteiger partial charge in [0.25, 0.3) is 0 Å². The number of hydrogen-bond donors (Lipinski definition) is 2. The molecule has 0 fully saturated rings. The molecule has 0 bridgehead atoms. The van der Waals surface area contributed by atoms with E-state index in [1.165, 1.54) is 128 Å². The van der Waals surface area contributed by atoms with Gasteiger partial charge in [-0.15, -0.1) is 0 Å². The maximum atomic E-state index is 12.4. The first-order valence-electron chi connectivity index (χ1n) is 22.4. The first-order chi connectivity index (χ1) is 26.8. The summed E-state index contributed by atoms with van der Waals surface area (Å²) in [6, 6.07) is 0. The zero-order chi connectivity index (χ0) is 40.3. The lowest BCUT2D eigenvalue weighted by Gasteiger charge is -2.18. The van der Waals surface area contributed by atoms with Crippen molar-refractivity contribution in [3.05, 3.63) is 48.6 Å². The molecule has 0 saturated heterocycles. The minimum atomic E-state index is -4.77. The van der Waals surface area contributed by atoms with Crippen molar-refractivity contribution in [1.29, 1.82) is 0 Å². The van der Waals surface area contributed by atoms with Gasteiger partial charge in [0.1, 0.15) is 6.61 Å². The van der Waals surface area contributed by atoms with E-state index in [9.17, 15) is 14.2 Å². The third-order valence-corrected chi connectivity index (χ3v) is 10.1. The molecule has 320 valence electrons. The fraction of sp³-hybridized carbons (Fsp3) is 0.783. The molecule has 0 rings (SSSR count). The lowest BCUT2D eigenvalue weighted by Crippen LogP contribution is -2.29. The van der Waals surface area contributed by atoms with Crippen LogP contribution < -0.4 is 0 Å². The number of ether oxygens (including phenoxy) is 2. The van der Waals surface area contributed by atoms with E-state index in [-0.39, 0.29) is 19.4 Å². The van der Waals surface area contributed by atoms with Crippen LogP contribution in [0.4, 0.5) is 0 Å². The Morgan fingerprint density at radius 1 is 0.473 bits per heavy atom. The van der Waals surface area contributed by atoms with Crippen molar-refractivity contribution in [1.82, 2.24) is 0 Å². The van der Waals surface area contributed by atoms with Gasteiger partial charge in [0.2, 0.25) is 0 Å². The molecular formula is C46H83O8P. The second kappa shape index (κ2) is 41.6. The highest BCUT2D eigenvalue weighted by Gasteiger charge is 2.22. The molecule has 0 unspecified atom stereocenters. The number of rotatable bonds is 41. The average Bonchev–Trinajstić information content (AvgIpc) is 3.16. The summed E-state index contributed by atoms with van der Waals surface area (Å²) in [7, 11) is -4.77. The number of phosphoric ester groups is 1. The van der Waals surface area contributed by atoms with Crippen LogP contribution in [0.25, 0.3) is 0 Å². The SMILES string of the molecule is CCCCCCCCC/C=C/C/C=C/C/C=C/C/C=C/CCCC(=O)OC[C@H](COP(=O)(O)O)OC(=O)CCCCCCCCCCCCCCCCCC. The standard InChI is InChI=1S/C46H83O8P/c1-3-5-7-9-11-13-15-17-19-21-22-23-24-25-27-28-30-32-34-36-38-40-45(47)52-42-44(43-53-55(49,50)51)54-46(48)41-39-37-35-33-31-29-26-20-18-16-14-12-10-8-6-4-2/h19,21,23-24,27-28,32,34,44H,3-18,20,22,25-26,29-31,33,35-43H2,1-2H3,(H2,49,50,51)/b21-19+,24-23+,28-27+,34-32+/t44-/m1/s1. The molecule has 9 heteroatoms. The number of carbonyl (C=O) groups excluding carboxylic acids is 2. The fourth-order valence-electron chi connectivity index (χ4n) is 6.25. The third kappa shape index (κ3) is 44.6. The van der Waals surface area contributed by atoms with Crippen molar-refractivity contribution < 1.29 is 37.9 Å². The van der Waals surface area contributed by atoms with Gasteiger partial charge in [-0.1, -0.05) is 197 Å². The summed E-state index contributed by atoms with van der Waals surface area (Å²) in [6.45, 7) is 3.65. The van der Waals surface area contributed by atoms with E-state index < -0.39 is 32.5 Å². The predicted molar refractivity (Wildman–Crippen MR) is 230 cm³/mol. The zero-order valence-electron chi connectivity index (χ0n) is 35.3. The number of phosphoric acid groups is 1. The number of hydrogen-bond acceptors (Lipinski definition) is 6. The highest BCUT2D eigenvalue weighted by Crippen LogP contribution is 2.36. The number of carbonyl (C=O) groups is 2. The second-order valence-corrected chi connectivity index (χ2v) is 16.3. The van der Waals surface area contributed by atoms with Crippen molar-refractivity contribution >= 4 is 19.8 Å². The monoisotopic (exact) mass is 795 g/mol. The molecule has 2 N–H and O–H groups in total. The molecule has 0 aromatic rings.